The van der Waals surface area contributed by atoms with Crippen LogP contribution in [0.2, 0.25) is 10.0 Å². The molecule has 0 spiro atoms. The van der Waals surface area contributed by atoms with Crippen LogP contribution in [0.1, 0.15) is 25.0 Å². The lowest BCUT2D eigenvalue weighted by Gasteiger charge is -2.33. The number of benzene rings is 2. The molecule has 0 radical (unpaired) electrons. The Hall–Kier alpha value is -3.53. The summed E-state index contributed by atoms with van der Waals surface area (Å²) in [6.07, 6.45) is -2.71. The van der Waals surface area contributed by atoms with Crippen LogP contribution in [-0.4, -0.2) is 49.4 Å². The number of esters is 1. The van der Waals surface area contributed by atoms with E-state index in [0.29, 0.717) is 4.68 Å². The molecule has 4 rings (SSSR count). The van der Waals surface area contributed by atoms with E-state index in [2.05, 4.69) is 14.6 Å². The fourth-order valence-electron chi connectivity index (χ4n) is 3.90. The molecule has 0 saturated heterocycles. The number of ether oxygens (including phenoxy) is 3. The third-order valence-electron chi connectivity index (χ3n) is 5.93. The monoisotopic (exact) mass is 620 g/mol. The van der Waals surface area contributed by atoms with E-state index in [1.54, 1.807) is 4.98 Å². The number of sulfonamides is 1. The summed E-state index contributed by atoms with van der Waals surface area (Å²) in [7, 11) is -1.59. The molecule has 2 aromatic carbocycles. The maximum absolute atomic E-state index is 13.1. The minimum Gasteiger partial charge on any atom is -0.495 e. The number of carbonyl (C=O) groups excluding carboxylic acids is 1. The molecule has 0 bridgehead atoms. The number of carbonyl (C=O) groups is 1. The zero-order valence-electron chi connectivity index (χ0n) is 20.6. The van der Waals surface area contributed by atoms with Gasteiger partial charge in [-0.05, 0) is 37.1 Å². The number of hydrogen-bond donors (Lipinski definition) is 2. The molecular weight excluding hydrogens is 601 g/mol. The van der Waals surface area contributed by atoms with Crippen LogP contribution in [0.5, 0.6) is 17.2 Å². The Kier molecular flexibility index (Phi) is 8.49. The lowest BCUT2D eigenvalue weighted by atomic mass is 9.81. The molecule has 0 atom stereocenters. The quantitative estimate of drug-likeness (QED) is 0.342. The van der Waals surface area contributed by atoms with Crippen LogP contribution in [0.15, 0.2) is 44.8 Å². The highest BCUT2D eigenvalue weighted by atomic mass is 35.5. The summed E-state index contributed by atoms with van der Waals surface area (Å²) in [6.45, 7) is 0. The first-order chi connectivity index (χ1) is 18.8. The van der Waals surface area contributed by atoms with Gasteiger partial charge in [0.1, 0.15) is 16.4 Å². The van der Waals surface area contributed by atoms with Crippen LogP contribution in [0, 0.1) is 5.92 Å². The third-order valence-corrected chi connectivity index (χ3v) is 8.03. The van der Waals surface area contributed by atoms with Gasteiger partial charge in [-0.3, -0.25) is 14.6 Å². The number of H-pyrrole nitrogens is 1. The molecule has 0 aliphatic heterocycles. The number of alkyl halides is 2. The number of methoxy groups -OCH3 is 2. The van der Waals surface area contributed by atoms with Gasteiger partial charge in [0, 0.05) is 12.1 Å². The molecule has 12 nitrogen and oxygen atoms in total. The molecule has 3 aromatic rings. The van der Waals surface area contributed by atoms with Gasteiger partial charge in [-0.2, -0.15) is 9.78 Å². The summed E-state index contributed by atoms with van der Waals surface area (Å²) >= 11 is 12.6. The van der Waals surface area contributed by atoms with Gasteiger partial charge in [-0.15, -0.1) is 0 Å². The van der Waals surface area contributed by atoms with E-state index in [0.717, 1.165) is 12.1 Å². The highest BCUT2D eigenvalue weighted by molar-refractivity contribution is 7.89. The molecule has 40 heavy (non-hydrogen) atoms. The largest absolute Gasteiger partial charge is 0.495 e. The van der Waals surface area contributed by atoms with E-state index in [4.69, 9.17) is 32.7 Å². The number of nitrogens with zero attached hydrogens (tertiary/aromatic N) is 2. The summed E-state index contributed by atoms with van der Waals surface area (Å²) in [5, 5.41) is 3.00. The van der Waals surface area contributed by atoms with Crippen molar-refractivity contribution in [2.45, 2.75) is 30.2 Å². The third kappa shape index (κ3) is 5.96. The van der Waals surface area contributed by atoms with Crippen molar-refractivity contribution < 1.29 is 36.2 Å². The second-order valence-electron chi connectivity index (χ2n) is 8.52. The van der Waals surface area contributed by atoms with Crippen molar-refractivity contribution in [3.63, 3.8) is 0 Å². The van der Waals surface area contributed by atoms with E-state index >= 15 is 0 Å². The molecular formula is C23H20Cl2F2N4O8S. The molecule has 0 unspecified atom stereocenters. The number of aromatic nitrogens is 3. The van der Waals surface area contributed by atoms with E-state index in [1.165, 1.54) is 32.4 Å². The highest BCUT2D eigenvalue weighted by Gasteiger charge is 2.38. The van der Waals surface area contributed by atoms with Crippen molar-refractivity contribution in [2.24, 2.45) is 5.92 Å². The van der Waals surface area contributed by atoms with Crippen molar-refractivity contribution in [3.05, 3.63) is 66.9 Å². The zero-order valence-corrected chi connectivity index (χ0v) is 22.9. The van der Waals surface area contributed by atoms with Gasteiger partial charge in [0.05, 0.1) is 35.9 Å². The Morgan fingerprint density at radius 3 is 2.38 bits per heavy atom. The predicted molar refractivity (Wildman–Crippen MR) is 137 cm³/mol. The summed E-state index contributed by atoms with van der Waals surface area (Å²) in [6, 6.07) is 5.66. The van der Waals surface area contributed by atoms with Crippen LogP contribution in [-0.2, 0) is 19.6 Å². The van der Waals surface area contributed by atoms with Crippen molar-refractivity contribution in [1.82, 2.24) is 19.5 Å². The lowest BCUT2D eigenvalue weighted by Crippen LogP contribution is -2.46. The Bertz CT molecular complexity index is 1670. The van der Waals surface area contributed by atoms with Crippen LogP contribution in [0.3, 0.4) is 0 Å². The van der Waals surface area contributed by atoms with Gasteiger partial charge in [-0.25, -0.2) is 26.7 Å². The van der Waals surface area contributed by atoms with Crippen molar-refractivity contribution >= 4 is 39.2 Å². The fourth-order valence-corrected chi connectivity index (χ4v) is 5.90. The van der Waals surface area contributed by atoms with Crippen molar-refractivity contribution in [1.29, 1.82) is 0 Å². The van der Waals surface area contributed by atoms with Crippen molar-refractivity contribution in [2.75, 3.05) is 14.2 Å². The number of nitrogens with one attached hydrogen (secondary N) is 2. The topological polar surface area (TPSA) is 159 Å². The number of rotatable bonds is 9. The summed E-state index contributed by atoms with van der Waals surface area (Å²) in [4.78, 5) is 36.8. The Morgan fingerprint density at radius 2 is 1.80 bits per heavy atom. The number of hydrogen-bond acceptors (Lipinski definition) is 9. The average molecular weight is 621 g/mol. The molecule has 1 aliphatic rings. The zero-order chi connectivity index (χ0) is 29.4. The summed E-state index contributed by atoms with van der Waals surface area (Å²) in [5.74, 6) is -0.975. The normalized spacial score (nSPS) is 16.9. The van der Waals surface area contributed by atoms with E-state index in [9.17, 15) is 31.6 Å². The van der Waals surface area contributed by atoms with Gasteiger partial charge >= 0.3 is 11.7 Å². The first kappa shape index (κ1) is 29.5. The van der Waals surface area contributed by atoms with Crippen LogP contribution in [0.25, 0.3) is 5.69 Å². The maximum Gasteiger partial charge on any atom is 0.349 e. The van der Waals surface area contributed by atoms with E-state index < -0.39 is 51.3 Å². The molecule has 1 aliphatic carbocycles. The van der Waals surface area contributed by atoms with Crippen LogP contribution in [0.4, 0.5) is 8.78 Å². The molecule has 2 N–H and O–H groups in total. The molecule has 1 fully saturated rings. The van der Waals surface area contributed by atoms with Gasteiger partial charge in [0.2, 0.25) is 10.0 Å². The molecule has 1 saturated carbocycles. The summed E-state index contributed by atoms with van der Waals surface area (Å²) < 4.78 is 71.0. The first-order valence-corrected chi connectivity index (χ1v) is 13.6. The first-order valence-electron chi connectivity index (χ1n) is 11.3. The second kappa shape index (κ2) is 11.5. The SMILES string of the molecule is COc1ccc(Oc2c(Cl)cc(-n3nc(C(F)F)c(=O)[nH]c3=O)cc2Cl)cc1S(=O)(=O)N[C@H]1C[C@H](C(=O)OC)C1. The molecule has 214 valence electrons. The Balaban J connectivity index is 1.62. The Labute approximate surface area is 234 Å². The van der Waals surface area contributed by atoms with E-state index in [1.807, 2.05) is 0 Å². The van der Waals surface area contributed by atoms with Crippen LogP contribution >= 0.6 is 23.2 Å². The number of aromatic amines is 1. The Morgan fingerprint density at radius 1 is 1.15 bits per heavy atom. The number of halogens is 4. The van der Waals surface area contributed by atoms with E-state index in [-0.39, 0.29) is 50.7 Å². The summed E-state index contributed by atoms with van der Waals surface area (Å²) in [5.41, 5.74) is -3.79. The smallest absolute Gasteiger partial charge is 0.349 e. The highest BCUT2D eigenvalue weighted by Crippen LogP contribution is 2.40. The van der Waals surface area contributed by atoms with Gasteiger partial charge in [-0.1, -0.05) is 23.2 Å². The van der Waals surface area contributed by atoms with Gasteiger partial charge < -0.3 is 14.2 Å². The molecule has 0 amide bonds. The minimum absolute atomic E-state index is 0.00888. The molecule has 1 aromatic heterocycles. The van der Waals surface area contributed by atoms with Crippen LogP contribution < -0.4 is 25.4 Å². The predicted octanol–water partition coefficient (Wildman–Crippen LogP) is 3.20. The molecule has 1 heterocycles. The maximum atomic E-state index is 13.1. The van der Waals surface area contributed by atoms with Crippen molar-refractivity contribution in [3.8, 4) is 22.9 Å². The van der Waals surface area contributed by atoms with Gasteiger partial charge in [0.25, 0.3) is 12.0 Å². The standard InChI is InChI=1S/C23H20Cl2F2N4O8S/c1-37-16-4-3-13(9-17(16)40(35,36)30-11-5-10(6-11)22(33)38-2)39-19-14(24)7-12(8-15(19)25)31-23(34)28-21(32)18(29-31)20(26)27/h3-4,7-11,20,30H,5-6H2,1-2H3,(H,28,32,34)/t10-,11-. The average Bonchev–Trinajstić information content (AvgIpc) is 2.87. The lowest BCUT2D eigenvalue weighted by molar-refractivity contribution is -0.148. The fraction of sp³-hybridized carbons (Fsp3) is 0.304. The minimum atomic E-state index is -4.13. The molecule has 17 heteroatoms. The second-order valence-corrected chi connectivity index (χ2v) is 11.0. The van der Waals surface area contributed by atoms with Gasteiger partial charge in [0.15, 0.2) is 11.4 Å².